The molecule has 7 rings (SSSR count). The molecule has 1 saturated heterocycles. The third kappa shape index (κ3) is 5.20. The number of H-pyrrole nitrogens is 1. The lowest BCUT2D eigenvalue weighted by molar-refractivity contribution is 0.0927. The molecule has 1 saturated carbocycles. The predicted octanol–water partition coefficient (Wildman–Crippen LogP) is 5.89. The second-order valence-electron chi connectivity index (χ2n) is 11.3. The molecule has 2 aliphatic rings. The monoisotopic (exact) mass is 585 g/mol. The fraction of sp³-hybridized carbons (Fsp3) is 0.387. The lowest BCUT2D eigenvalue weighted by Gasteiger charge is -2.37. The number of hydrogen-bond acceptors (Lipinski definition) is 8. The van der Waals surface area contributed by atoms with Crippen molar-refractivity contribution in [3.8, 4) is 23.0 Å². The number of rotatable bonds is 6. The maximum absolute atomic E-state index is 11.8. The highest BCUT2D eigenvalue weighted by Gasteiger charge is 2.32. The minimum Gasteiger partial charge on any atom is -0.384 e. The van der Waals surface area contributed by atoms with Gasteiger partial charge in [0, 0.05) is 23.7 Å². The van der Waals surface area contributed by atoms with E-state index in [1.54, 1.807) is 0 Å². The van der Waals surface area contributed by atoms with Crippen LogP contribution in [0.4, 0.5) is 5.95 Å². The van der Waals surface area contributed by atoms with Crippen molar-refractivity contribution in [1.29, 1.82) is 0 Å². The second kappa shape index (κ2) is 11.3. The predicted molar refractivity (Wildman–Crippen MR) is 160 cm³/mol. The molecule has 4 heterocycles. The number of halogens is 1. The average Bonchev–Trinajstić information content (AvgIpc) is 3.62. The fourth-order valence-electron chi connectivity index (χ4n) is 6.24. The van der Waals surface area contributed by atoms with Gasteiger partial charge in [-0.2, -0.15) is 4.98 Å². The van der Waals surface area contributed by atoms with Gasteiger partial charge in [0.05, 0.1) is 19.3 Å². The second-order valence-corrected chi connectivity index (χ2v) is 11.8. The maximum Gasteiger partial charge on any atom is 0.434 e. The number of ether oxygens (including phenoxy) is 1. The van der Waals surface area contributed by atoms with Crippen LogP contribution in [0.5, 0.6) is 0 Å². The molecule has 0 radical (unpaired) electrons. The van der Waals surface area contributed by atoms with Gasteiger partial charge in [-0.3, -0.25) is 0 Å². The number of aromatic amines is 1. The van der Waals surface area contributed by atoms with Crippen molar-refractivity contribution in [1.82, 2.24) is 29.7 Å². The SMILES string of the molecule is CC1CCC(Cn2c(N3CCOC[C@H]3c3ccccc3)nc3nc(-c4n[nH]c(=O)o4)nc(-c4cccc(Cl)c4)c32)CC1. The van der Waals surface area contributed by atoms with Crippen molar-refractivity contribution in [3.05, 3.63) is 75.7 Å². The van der Waals surface area contributed by atoms with Crippen molar-refractivity contribution in [2.75, 3.05) is 24.7 Å². The first-order valence-electron chi connectivity index (χ1n) is 14.5. The summed E-state index contributed by atoms with van der Waals surface area (Å²) in [4.78, 5) is 29.0. The molecule has 216 valence electrons. The highest BCUT2D eigenvalue weighted by atomic mass is 35.5. The fourth-order valence-corrected chi connectivity index (χ4v) is 6.43. The van der Waals surface area contributed by atoms with E-state index < -0.39 is 5.76 Å². The molecule has 1 N–H and O–H groups in total. The zero-order valence-corrected chi connectivity index (χ0v) is 24.1. The third-order valence-corrected chi connectivity index (χ3v) is 8.69. The van der Waals surface area contributed by atoms with Gasteiger partial charge in [-0.1, -0.05) is 73.8 Å². The van der Waals surface area contributed by atoms with E-state index in [9.17, 15) is 4.79 Å². The number of benzene rings is 2. The number of anilines is 1. The molecule has 2 fully saturated rings. The molecule has 0 amide bonds. The molecule has 0 unspecified atom stereocenters. The highest BCUT2D eigenvalue weighted by molar-refractivity contribution is 6.30. The van der Waals surface area contributed by atoms with Crippen LogP contribution in [0.3, 0.4) is 0 Å². The summed E-state index contributed by atoms with van der Waals surface area (Å²) in [6.07, 6.45) is 4.76. The Morgan fingerprint density at radius 1 is 1.02 bits per heavy atom. The van der Waals surface area contributed by atoms with E-state index in [0.29, 0.717) is 42.0 Å². The molecule has 10 nitrogen and oxygen atoms in total. The smallest absolute Gasteiger partial charge is 0.384 e. The van der Waals surface area contributed by atoms with Gasteiger partial charge in [0.25, 0.3) is 5.89 Å². The largest absolute Gasteiger partial charge is 0.434 e. The van der Waals surface area contributed by atoms with Crippen molar-refractivity contribution < 1.29 is 9.15 Å². The zero-order valence-electron chi connectivity index (χ0n) is 23.4. The van der Waals surface area contributed by atoms with Crippen LogP contribution in [-0.2, 0) is 11.3 Å². The summed E-state index contributed by atoms with van der Waals surface area (Å²) >= 11 is 6.46. The van der Waals surface area contributed by atoms with E-state index in [1.165, 1.54) is 18.4 Å². The number of morpholine rings is 1. The van der Waals surface area contributed by atoms with Crippen LogP contribution >= 0.6 is 11.6 Å². The van der Waals surface area contributed by atoms with Crippen LogP contribution in [0.1, 0.15) is 44.2 Å². The minimum absolute atomic E-state index is 0.00620. The van der Waals surface area contributed by atoms with Crippen LogP contribution < -0.4 is 10.7 Å². The summed E-state index contributed by atoms with van der Waals surface area (Å²) in [7, 11) is 0. The molecule has 0 bridgehead atoms. The number of fused-ring (bicyclic) bond motifs is 1. The molecular weight excluding hydrogens is 554 g/mol. The Kier molecular flexibility index (Phi) is 7.25. The van der Waals surface area contributed by atoms with Gasteiger partial charge in [-0.15, -0.1) is 5.10 Å². The molecule has 3 aromatic heterocycles. The van der Waals surface area contributed by atoms with Crippen molar-refractivity contribution in [2.24, 2.45) is 11.8 Å². The lowest BCUT2D eigenvalue weighted by Crippen LogP contribution is -2.41. The Morgan fingerprint density at radius 2 is 1.86 bits per heavy atom. The molecule has 11 heteroatoms. The maximum atomic E-state index is 11.8. The van der Waals surface area contributed by atoms with E-state index in [-0.39, 0.29) is 17.8 Å². The average molecular weight is 586 g/mol. The summed E-state index contributed by atoms with van der Waals surface area (Å²) in [6, 6.07) is 18.0. The highest BCUT2D eigenvalue weighted by Crippen LogP contribution is 2.38. The number of aromatic nitrogens is 6. The van der Waals surface area contributed by atoms with Gasteiger partial charge in [0.2, 0.25) is 11.8 Å². The molecular formula is C31H32ClN7O3. The molecule has 0 spiro atoms. The van der Waals surface area contributed by atoms with Crippen LogP contribution in [-0.4, -0.2) is 49.5 Å². The summed E-state index contributed by atoms with van der Waals surface area (Å²) in [5.41, 5.74) is 3.99. The first-order chi connectivity index (χ1) is 20.5. The van der Waals surface area contributed by atoms with E-state index in [2.05, 4.69) is 50.9 Å². The Balaban J connectivity index is 1.45. The molecule has 1 atom stereocenters. The Labute approximate surface area is 247 Å². The van der Waals surface area contributed by atoms with Gasteiger partial charge in [0.15, 0.2) is 5.65 Å². The number of nitrogens with one attached hydrogen (secondary N) is 1. The number of nitrogens with zero attached hydrogens (tertiary/aromatic N) is 6. The van der Waals surface area contributed by atoms with E-state index in [0.717, 1.165) is 42.3 Å². The van der Waals surface area contributed by atoms with E-state index in [4.69, 9.17) is 35.7 Å². The van der Waals surface area contributed by atoms with Gasteiger partial charge in [-0.25, -0.2) is 19.9 Å². The van der Waals surface area contributed by atoms with Gasteiger partial charge >= 0.3 is 5.76 Å². The third-order valence-electron chi connectivity index (χ3n) is 8.46. The number of hydrogen-bond donors (Lipinski definition) is 1. The Morgan fingerprint density at radius 3 is 2.62 bits per heavy atom. The van der Waals surface area contributed by atoms with Crippen molar-refractivity contribution in [3.63, 3.8) is 0 Å². The van der Waals surface area contributed by atoms with Gasteiger partial charge < -0.3 is 18.6 Å². The zero-order chi connectivity index (χ0) is 28.6. The van der Waals surface area contributed by atoms with Crippen molar-refractivity contribution >= 4 is 28.7 Å². The van der Waals surface area contributed by atoms with Crippen LogP contribution in [0, 0.1) is 11.8 Å². The Bertz CT molecular complexity index is 1760. The molecule has 5 aromatic rings. The summed E-state index contributed by atoms with van der Waals surface area (Å²) in [5, 5.41) is 6.91. The van der Waals surface area contributed by atoms with Gasteiger partial charge in [0.1, 0.15) is 11.2 Å². The summed E-state index contributed by atoms with van der Waals surface area (Å²) in [5.74, 6) is 1.60. The molecule has 1 aliphatic heterocycles. The molecule has 42 heavy (non-hydrogen) atoms. The first kappa shape index (κ1) is 26.9. The summed E-state index contributed by atoms with van der Waals surface area (Å²) < 4.78 is 13.5. The number of imidazole rings is 1. The first-order valence-corrected chi connectivity index (χ1v) is 14.9. The van der Waals surface area contributed by atoms with Crippen LogP contribution in [0.15, 0.2) is 63.8 Å². The van der Waals surface area contributed by atoms with Crippen molar-refractivity contribution in [2.45, 2.75) is 45.2 Å². The standard InChI is InChI=1S/C31H32ClN7O3/c1-19-10-12-20(13-11-19)17-39-26-25(22-8-5-9-23(32)16-22)33-28(29-36-37-31(40)42-29)34-27(26)35-30(39)38-14-15-41-18-24(38)21-6-3-2-4-7-21/h2-9,16,19-20,24H,10-15,17-18H2,1H3,(H,37,40)/t19?,20?,24-/m0/s1. The molecule has 1 aliphatic carbocycles. The quantitative estimate of drug-likeness (QED) is 0.262. The topological polar surface area (TPSA) is 115 Å². The van der Waals surface area contributed by atoms with Gasteiger partial charge in [-0.05, 0) is 42.4 Å². The molecule has 2 aromatic carbocycles. The van der Waals surface area contributed by atoms with E-state index in [1.807, 2.05) is 30.3 Å². The Hall–Kier alpha value is -4.02. The lowest BCUT2D eigenvalue weighted by atomic mass is 9.83. The normalized spacial score (nSPS) is 21.2. The van der Waals surface area contributed by atoms with E-state index >= 15 is 0 Å². The summed E-state index contributed by atoms with van der Waals surface area (Å²) in [6.45, 7) is 4.98. The van der Waals surface area contributed by atoms with Crippen LogP contribution in [0.25, 0.3) is 34.1 Å². The van der Waals surface area contributed by atoms with Crippen LogP contribution in [0.2, 0.25) is 5.02 Å². The minimum atomic E-state index is -0.672.